The van der Waals surface area contributed by atoms with Gasteiger partial charge in [0.25, 0.3) is 0 Å². The van der Waals surface area contributed by atoms with Crippen LogP contribution in [0.4, 0.5) is 0 Å². The molecule has 2 rings (SSSR count). The minimum absolute atomic E-state index is 0. The molecule has 0 saturated carbocycles. The maximum Gasteiger partial charge on any atom is 3.00 e. The third kappa shape index (κ3) is 3.35. The summed E-state index contributed by atoms with van der Waals surface area (Å²) in [4.78, 5) is 26.0. The number of amides is 1. The quantitative estimate of drug-likeness (QED) is 0.539. The molecule has 0 radical (unpaired) electrons. The Labute approximate surface area is 122 Å². The zero-order valence-electron chi connectivity index (χ0n) is 9.52. The Morgan fingerprint density at radius 1 is 1.25 bits per heavy atom. The fraction of sp³-hybridized carbons (Fsp3) is 0.818. The zero-order valence-corrected chi connectivity index (χ0v) is 12.4. The number of carbonyl (C=O) groups is 1. The van der Waals surface area contributed by atoms with Crippen molar-refractivity contribution in [3.8, 4) is 0 Å². The first-order valence-electron chi connectivity index (χ1n) is 5.68. The SMILES string of the molecule is O=[C-]CC(=O)N1CCN2CCCCC2C1.[Y+3]. The van der Waals surface area contributed by atoms with Gasteiger partial charge in [0.2, 0.25) is 0 Å². The molecule has 5 heteroatoms. The second-order valence-corrected chi connectivity index (χ2v) is 4.35. The minimum Gasteiger partial charge on any atom is -0.541 e. The monoisotopic (exact) mass is 298 g/mol. The largest absolute Gasteiger partial charge is 3.00 e. The van der Waals surface area contributed by atoms with Gasteiger partial charge < -0.3 is 9.69 Å². The average Bonchev–Trinajstić information content (AvgIpc) is 2.29. The van der Waals surface area contributed by atoms with E-state index in [1.165, 1.54) is 25.8 Å². The van der Waals surface area contributed by atoms with Gasteiger partial charge in [0.1, 0.15) is 0 Å². The number of piperidine rings is 1. The van der Waals surface area contributed by atoms with Gasteiger partial charge >= 0.3 is 32.7 Å². The summed E-state index contributed by atoms with van der Waals surface area (Å²) in [5.74, 6) is -0.0600. The average molecular weight is 298 g/mol. The normalized spacial score (nSPS) is 25.5. The van der Waals surface area contributed by atoms with Crippen molar-refractivity contribution < 1.29 is 42.3 Å². The van der Waals surface area contributed by atoms with Crippen LogP contribution in [-0.2, 0) is 42.3 Å². The van der Waals surface area contributed by atoms with Gasteiger partial charge in [-0.25, -0.2) is 0 Å². The molecule has 1 amide bonds. The van der Waals surface area contributed by atoms with Gasteiger partial charge in [-0.2, -0.15) is 0 Å². The van der Waals surface area contributed by atoms with E-state index in [-0.39, 0.29) is 45.0 Å². The molecule has 2 aliphatic rings. The van der Waals surface area contributed by atoms with Crippen LogP contribution in [0.15, 0.2) is 0 Å². The second-order valence-electron chi connectivity index (χ2n) is 4.35. The molecule has 0 bridgehead atoms. The smallest absolute Gasteiger partial charge is 0.541 e. The van der Waals surface area contributed by atoms with Gasteiger partial charge in [0, 0.05) is 25.7 Å². The van der Waals surface area contributed by atoms with Gasteiger partial charge in [0.05, 0.1) is 0 Å². The summed E-state index contributed by atoms with van der Waals surface area (Å²) in [6.07, 6.45) is 5.35. The molecule has 0 spiro atoms. The molecule has 0 aromatic rings. The molecule has 2 aliphatic heterocycles. The molecule has 4 nitrogen and oxygen atoms in total. The third-order valence-corrected chi connectivity index (χ3v) is 3.41. The van der Waals surface area contributed by atoms with Crippen molar-refractivity contribution in [2.45, 2.75) is 31.7 Å². The Hall–Kier alpha value is 0.204. The van der Waals surface area contributed by atoms with E-state index < -0.39 is 0 Å². The van der Waals surface area contributed by atoms with Crippen LogP contribution < -0.4 is 0 Å². The van der Waals surface area contributed by atoms with Crippen molar-refractivity contribution in [1.29, 1.82) is 0 Å². The molecule has 16 heavy (non-hydrogen) atoms. The number of hydrogen-bond acceptors (Lipinski definition) is 3. The first kappa shape index (κ1) is 14.3. The summed E-state index contributed by atoms with van der Waals surface area (Å²) in [6.45, 7) is 3.72. The van der Waals surface area contributed by atoms with Crippen molar-refractivity contribution in [1.82, 2.24) is 9.80 Å². The number of piperazine rings is 1. The summed E-state index contributed by atoms with van der Waals surface area (Å²) < 4.78 is 0. The minimum atomic E-state index is -0.0767. The number of nitrogens with zero attached hydrogens (tertiary/aromatic N) is 2. The number of hydrogen-bond donors (Lipinski definition) is 0. The van der Waals surface area contributed by atoms with E-state index in [1.807, 2.05) is 4.90 Å². The Bertz CT molecular complexity index is 260. The van der Waals surface area contributed by atoms with E-state index in [1.54, 1.807) is 6.29 Å². The number of carbonyl (C=O) groups excluding carboxylic acids is 2. The van der Waals surface area contributed by atoms with E-state index in [0.717, 1.165) is 19.6 Å². The molecule has 2 fully saturated rings. The molecule has 1 unspecified atom stereocenters. The zero-order chi connectivity index (χ0) is 10.7. The van der Waals surface area contributed by atoms with Crippen molar-refractivity contribution in [2.75, 3.05) is 26.2 Å². The fourth-order valence-corrected chi connectivity index (χ4v) is 2.56. The van der Waals surface area contributed by atoms with E-state index in [0.29, 0.717) is 6.04 Å². The standard InChI is InChI=1S/C11H17N2O2.Y/c14-8-4-11(15)13-7-6-12-5-2-1-3-10(12)9-13;/h10H,1-7,9H2;/q-1;+3. The van der Waals surface area contributed by atoms with Crippen LogP contribution in [0, 0.1) is 0 Å². The third-order valence-electron chi connectivity index (χ3n) is 3.41. The van der Waals surface area contributed by atoms with Gasteiger partial charge in [-0.1, -0.05) is 12.8 Å². The predicted molar refractivity (Wildman–Crippen MR) is 56.1 cm³/mol. The maximum atomic E-state index is 11.5. The molecule has 0 aliphatic carbocycles. The molecule has 1 atom stereocenters. The summed E-state index contributed by atoms with van der Waals surface area (Å²) in [6, 6.07) is 0.531. The van der Waals surface area contributed by atoms with E-state index in [4.69, 9.17) is 0 Å². The van der Waals surface area contributed by atoms with Crippen LogP contribution in [0.5, 0.6) is 0 Å². The molecular weight excluding hydrogens is 281 g/mol. The summed E-state index contributed by atoms with van der Waals surface area (Å²) >= 11 is 0. The van der Waals surface area contributed by atoms with E-state index in [9.17, 15) is 9.59 Å². The molecule has 84 valence electrons. The van der Waals surface area contributed by atoms with Crippen molar-refractivity contribution in [3.05, 3.63) is 0 Å². The maximum absolute atomic E-state index is 11.5. The van der Waals surface area contributed by atoms with Crippen LogP contribution in [0.25, 0.3) is 0 Å². The summed E-state index contributed by atoms with van der Waals surface area (Å²) in [7, 11) is 0. The molecule has 2 saturated heterocycles. The fourth-order valence-electron chi connectivity index (χ4n) is 2.56. The van der Waals surface area contributed by atoms with Crippen LogP contribution in [0.2, 0.25) is 0 Å². The first-order valence-corrected chi connectivity index (χ1v) is 5.68. The number of rotatable bonds is 2. The molecule has 2 heterocycles. The van der Waals surface area contributed by atoms with Gasteiger partial charge in [-0.3, -0.25) is 16.0 Å². The Morgan fingerprint density at radius 3 is 2.81 bits per heavy atom. The predicted octanol–water partition coefficient (Wildman–Crippen LogP) is 0.180. The topological polar surface area (TPSA) is 40.6 Å². The second kappa shape index (κ2) is 6.82. The first-order chi connectivity index (χ1) is 7.31. The van der Waals surface area contributed by atoms with E-state index in [2.05, 4.69) is 4.90 Å². The molecule has 0 aromatic heterocycles. The van der Waals surface area contributed by atoms with Gasteiger partial charge in [-0.05, 0) is 19.4 Å². The summed E-state index contributed by atoms with van der Waals surface area (Å²) in [5.41, 5.74) is 0. The van der Waals surface area contributed by atoms with Crippen LogP contribution in [0.3, 0.4) is 0 Å². The van der Waals surface area contributed by atoms with Crippen LogP contribution >= 0.6 is 0 Å². The Morgan fingerprint density at radius 2 is 2.06 bits per heavy atom. The molecule has 0 N–H and O–H groups in total. The number of fused-ring (bicyclic) bond motifs is 1. The molecule has 0 aromatic carbocycles. The van der Waals surface area contributed by atoms with Crippen LogP contribution in [0.1, 0.15) is 25.7 Å². The van der Waals surface area contributed by atoms with Crippen molar-refractivity contribution in [3.63, 3.8) is 0 Å². The van der Waals surface area contributed by atoms with Gasteiger partial charge in [0.15, 0.2) is 5.91 Å². The van der Waals surface area contributed by atoms with Crippen molar-refractivity contribution >= 4 is 12.2 Å². The van der Waals surface area contributed by atoms with Crippen molar-refractivity contribution in [2.24, 2.45) is 0 Å². The van der Waals surface area contributed by atoms with Gasteiger partial charge in [-0.15, -0.1) is 0 Å². The Balaban J connectivity index is 0.00000128. The summed E-state index contributed by atoms with van der Waals surface area (Å²) in [5, 5.41) is 0. The van der Waals surface area contributed by atoms with Crippen LogP contribution in [-0.4, -0.2) is 54.2 Å². The Kier molecular flexibility index (Phi) is 6.08. The van der Waals surface area contributed by atoms with E-state index >= 15 is 0 Å². The molecular formula is C11H17N2O2Y+2.